The number of aromatic nitrogens is 3. The molecule has 18 heavy (non-hydrogen) atoms. The minimum atomic E-state index is -1.21. The van der Waals surface area contributed by atoms with Crippen LogP contribution in [0.5, 0.6) is 0 Å². The second-order valence-electron chi connectivity index (χ2n) is 3.37. The van der Waals surface area contributed by atoms with Gasteiger partial charge in [-0.2, -0.15) is 0 Å². The molecule has 9 nitrogen and oxygen atoms in total. The van der Waals surface area contributed by atoms with Crippen LogP contribution in [0, 0.1) is 0 Å². The highest BCUT2D eigenvalue weighted by Gasteiger charge is 2.20. The number of nitrogens with zero attached hydrogens (tertiary/aromatic N) is 3. The number of aliphatic carboxylic acids is 1. The van der Waals surface area contributed by atoms with Gasteiger partial charge in [-0.05, 0) is 0 Å². The third-order valence-electron chi connectivity index (χ3n) is 1.95. The van der Waals surface area contributed by atoms with Gasteiger partial charge in [0.2, 0.25) is 5.91 Å². The molecule has 98 valence electrons. The summed E-state index contributed by atoms with van der Waals surface area (Å²) in [5.41, 5.74) is 0. The molecule has 0 bridgehead atoms. The van der Waals surface area contributed by atoms with Crippen molar-refractivity contribution in [2.45, 2.75) is 19.5 Å². The number of methoxy groups -OCH3 is 1. The molecule has 0 saturated carbocycles. The molecule has 2 N–H and O–H groups in total. The number of nitrogens with one attached hydrogen (secondary N) is 1. The van der Waals surface area contributed by atoms with Crippen LogP contribution in [-0.2, 0) is 20.9 Å². The van der Waals surface area contributed by atoms with Crippen LogP contribution in [0.1, 0.15) is 17.5 Å². The largest absolute Gasteiger partial charge is 0.480 e. The van der Waals surface area contributed by atoms with Gasteiger partial charge in [0.15, 0.2) is 0 Å². The number of amides is 1. The molecular weight excluding hydrogens is 244 g/mol. The minimum absolute atomic E-state index is 0.140. The van der Waals surface area contributed by atoms with Gasteiger partial charge in [-0.25, -0.2) is 19.3 Å². The summed E-state index contributed by atoms with van der Waals surface area (Å²) >= 11 is 0. The van der Waals surface area contributed by atoms with Crippen LogP contribution in [0.25, 0.3) is 0 Å². The predicted octanol–water partition coefficient (Wildman–Crippen LogP) is -1.35. The van der Waals surface area contributed by atoms with Crippen molar-refractivity contribution in [3.05, 3.63) is 12.2 Å². The van der Waals surface area contributed by atoms with E-state index in [0.717, 1.165) is 4.68 Å². The molecule has 0 saturated heterocycles. The lowest BCUT2D eigenvalue weighted by Gasteiger charge is -2.12. The summed E-state index contributed by atoms with van der Waals surface area (Å²) in [5.74, 6) is -2.58. The first-order valence-corrected chi connectivity index (χ1v) is 4.91. The van der Waals surface area contributed by atoms with Crippen LogP contribution in [0.3, 0.4) is 0 Å². The number of hydrogen-bond donors (Lipinski definition) is 2. The molecule has 0 aliphatic heterocycles. The monoisotopic (exact) mass is 256 g/mol. The van der Waals surface area contributed by atoms with Crippen LogP contribution in [-0.4, -0.2) is 50.9 Å². The van der Waals surface area contributed by atoms with Crippen molar-refractivity contribution in [3.8, 4) is 0 Å². The van der Waals surface area contributed by atoms with Gasteiger partial charge in [0.25, 0.3) is 5.82 Å². The summed E-state index contributed by atoms with van der Waals surface area (Å²) < 4.78 is 5.54. The molecule has 1 aromatic heterocycles. The molecule has 1 amide bonds. The van der Waals surface area contributed by atoms with Crippen molar-refractivity contribution in [2.24, 2.45) is 0 Å². The lowest BCUT2D eigenvalue weighted by Crippen LogP contribution is -2.42. The molecule has 1 unspecified atom stereocenters. The predicted molar refractivity (Wildman–Crippen MR) is 56.6 cm³/mol. The van der Waals surface area contributed by atoms with Crippen LogP contribution in [0.4, 0.5) is 0 Å². The average Bonchev–Trinajstić information content (AvgIpc) is 2.75. The Hall–Kier alpha value is -2.45. The fourth-order valence-electron chi connectivity index (χ4n) is 1.19. The van der Waals surface area contributed by atoms with Crippen LogP contribution < -0.4 is 5.32 Å². The molecular formula is C9H12N4O5. The zero-order valence-electron chi connectivity index (χ0n) is 9.78. The Kier molecular flexibility index (Phi) is 4.35. The van der Waals surface area contributed by atoms with Crippen LogP contribution in [0.15, 0.2) is 6.33 Å². The minimum Gasteiger partial charge on any atom is -0.480 e. The second-order valence-corrected chi connectivity index (χ2v) is 3.37. The molecule has 0 aliphatic carbocycles. The van der Waals surface area contributed by atoms with Gasteiger partial charge in [0.05, 0.1) is 13.7 Å². The Labute approximate surface area is 102 Å². The molecule has 1 heterocycles. The lowest BCUT2D eigenvalue weighted by atomic mass is 10.3. The highest BCUT2D eigenvalue weighted by atomic mass is 16.5. The van der Waals surface area contributed by atoms with Gasteiger partial charge < -0.3 is 15.2 Å². The van der Waals surface area contributed by atoms with Gasteiger partial charge in [0, 0.05) is 6.92 Å². The second kappa shape index (κ2) is 5.75. The summed E-state index contributed by atoms with van der Waals surface area (Å²) in [5, 5.41) is 14.8. The Balaban J connectivity index is 2.75. The van der Waals surface area contributed by atoms with Crippen molar-refractivity contribution in [3.63, 3.8) is 0 Å². The van der Waals surface area contributed by atoms with Gasteiger partial charge in [-0.3, -0.25) is 4.79 Å². The van der Waals surface area contributed by atoms with Crippen molar-refractivity contribution < 1.29 is 24.2 Å². The molecule has 0 fully saturated rings. The van der Waals surface area contributed by atoms with Crippen LogP contribution in [0.2, 0.25) is 0 Å². The number of carbonyl (C=O) groups is 3. The molecule has 0 aromatic carbocycles. The van der Waals surface area contributed by atoms with Crippen molar-refractivity contribution in [1.82, 2.24) is 20.1 Å². The first kappa shape index (κ1) is 13.6. The molecule has 1 atom stereocenters. The zero-order chi connectivity index (χ0) is 13.7. The highest BCUT2D eigenvalue weighted by molar-refractivity contribution is 5.84. The van der Waals surface area contributed by atoms with E-state index >= 15 is 0 Å². The molecule has 9 heteroatoms. The molecule has 1 aromatic rings. The van der Waals surface area contributed by atoms with Crippen molar-refractivity contribution in [2.75, 3.05) is 7.11 Å². The maximum atomic E-state index is 11.1. The normalized spacial score (nSPS) is 11.7. The molecule has 0 spiro atoms. The topological polar surface area (TPSA) is 123 Å². The number of rotatable bonds is 5. The van der Waals surface area contributed by atoms with E-state index in [-0.39, 0.29) is 12.4 Å². The third-order valence-corrected chi connectivity index (χ3v) is 1.95. The fourth-order valence-corrected chi connectivity index (χ4v) is 1.19. The average molecular weight is 256 g/mol. The van der Waals surface area contributed by atoms with E-state index < -0.39 is 23.9 Å². The quantitative estimate of drug-likeness (QED) is 0.624. The zero-order valence-corrected chi connectivity index (χ0v) is 9.78. The first-order chi connectivity index (χ1) is 8.43. The van der Waals surface area contributed by atoms with E-state index in [1.165, 1.54) is 20.4 Å². The Morgan fingerprint density at radius 1 is 1.56 bits per heavy atom. The Bertz CT molecular complexity index is 469. The fraction of sp³-hybridized carbons (Fsp3) is 0.444. The first-order valence-electron chi connectivity index (χ1n) is 4.91. The smallest absolute Gasteiger partial charge is 0.377 e. The number of hydrogen-bond acceptors (Lipinski definition) is 6. The van der Waals surface area contributed by atoms with E-state index in [2.05, 4.69) is 20.1 Å². The number of carboxylic acid groups (broad SMARTS) is 1. The van der Waals surface area contributed by atoms with E-state index in [0.29, 0.717) is 0 Å². The van der Waals surface area contributed by atoms with Crippen molar-refractivity contribution in [1.29, 1.82) is 0 Å². The van der Waals surface area contributed by atoms with E-state index in [9.17, 15) is 14.4 Å². The van der Waals surface area contributed by atoms with Crippen LogP contribution >= 0.6 is 0 Å². The molecule has 0 radical (unpaired) electrons. The number of carboxylic acids is 1. The lowest BCUT2D eigenvalue weighted by molar-refractivity contribution is -0.142. The number of esters is 1. The standard InChI is InChI=1S/C9H12N4O5/c1-5(14)11-6(8(15)16)3-13-4-10-7(12-13)9(17)18-2/h4,6H,3H2,1-2H3,(H,11,14)(H,15,16). The molecule has 0 aliphatic rings. The Morgan fingerprint density at radius 2 is 2.22 bits per heavy atom. The van der Waals surface area contributed by atoms with Gasteiger partial charge in [-0.15, -0.1) is 5.10 Å². The third kappa shape index (κ3) is 3.54. The SMILES string of the molecule is COC(=O)c1ncn(CC(NC(C)=O)C(=O)O)n1. The van der Waals surface area contributed by atoms with Gasteiger partial charge >= 0.3 is 11.9 Å². The number of carbonyl (C=O) groups excluding carboxylic acids is 2. The summed E-state index contributed by atoms with van der Waals surface area (Å²) in [6.07, 6.45) is 1.18. The van der Waals surface area contributed by atoms with Crippen molar-refractivity contribution >= 4 is 17.8 Å². The summed E-state index contributed by atoms with van der Waals surface area (Å²) in [6.45, 7) is 1.07. The maximum absolute atomic E-state index is 11.1. The maximum Gasteiger partial charge on any atom is 0.377 e. The van der Waals surface area contributed by atoms with E-state index in [4.69, 9.17) is 5.11 Å². The molecule has 1 rings (SSSR count). The Morgan fingerprint density at radius 3 is 2.72 bits per heavy atom. The van der Waals surface area contributed by atoms with E-state index in [1.54, 1.807) is 0 Å². The van der Waals surface area contributed by atoms with Gasteiger partial charge in [0.1, 0.15) is 12.4 Å². The number of ether oxygens (including phenoxy) is 1. The van der Waals surface area contributed by atoms with Gasteiger partial charge in [-0.1, -0.05) is 0 Å². The summed E-state index contributed by atoms with van der Waals surface area (Å²) in [6, 6.07) is -1.14. The highest BCUT2D eigenvalue weighted by Crippen LogP contribution is 1.96. The van der Waals surface area contributed by atoms with E-state index in [1.807, 2.05) is 0 Å². The summed E-state index contributed by atoms with van der Waals surface area (Å²) in [7, 11) is 1.18. The summed E-state index contributed by atoms with van der Waals surface area (Å²) in [4.78, 5) is 36.4.